The topological polar surface area (TPSA) is 95.9 Å². The van der Waals surface area contributed by atoms with Gasteiger partial charge in [-0.3, -0.25) is 9.59 Å². The Morgan fingerprint density at radius 1 is 0.460 bits per heavy atom. The second kappa shape index (κ2) is 50.6. The molecule has 3 atom stereocenters. The molecule has 0 aromatic carbocycles. The van der Waals surface area contributed by atoms with E-state index in [9.17, 15) is 19.8 Å². The van der Waals surface area contributed by atoms with Gasteiger partial charge in [0.15, 0.2) is 0 Å². The SMILES string of the molecule is CCCCC/C=C/C=C/C=C/C=C/CCCCCC(CC(=O)NC(CO)C(O)CCCCCCCCCCCC)OC(=O)CCCCCCC/C=C/CCCCCCCCCCC. The number of carbonyl (C=O) groups is 2. The number of hydrogen-bond donors (Lipinski definition) is 3. The summed E-state index contributed by atoms with van der Waals surface area (Å²) in [6.45, 7) is 6.43. The van der Waals surface area contributed by atoms with Gasteiger partial charge in [0.2, 0.25) is 5.91 Å². The van der Waals surface area contributed by atoms with Gasteiger partial charge in [0.1, 0.15) is 6.10 Å². The monoisotopic (exact) mass is 882 g/mol. The zero-order valence-electron chi connectivity index (χ0n) is 41.7. The Kier molecular flexibility index (Phi) is 48.6. The summed E-state index contributed by atoms with van der Waals surface area (Å²) in [5.41, 5.74) is 0. The molecule has 0 heterocycles. The van der Waals surface area contributed by atoms with Crippen molar-refractivity contribution in [3.63, 3.8) is 0 Å². The summed E-state index contributed by atoms with van der Waals surface area (Å²) >= 11 is 0. The summed E-state index contributed by atoms with van der Waals surface area (Å²) in [5, 5.41) is 23.7. The molecule has 0 saturated carbocycles. The van der Waals surface area contributed by atoms with Gasteiger partial charge in [-0.25, -0.2) is 0 Å². The average molecular weight is 882 g/mol. The van der Waals surface area contributed by atoms with E-state index < -0.39 is 18.2 Å². The van der Waals surface area contributed by atoms with Crippen molar-refractivity contribution < 1.29 is 24.5 Å². The lowest BCUT2D eigenvalue weighted by Crippen LogP contribution is -2.46. The molecule has 6 heteroatoms. The maximum absolute atomic E-state index is 13.2. The number of aliphatic hydroxyl groups excluding tert-OH is 2. The molecule has 6 nitrogen and oxygen atoms in total. The predicted molar refractivity (Wildman–Crippen MR) is 273 cm³/mol. The number of aliphatic hydroxyl groups is 2. The molecule has 0 fully saturated rings. The lowest BCUT2D eigenvalue weighted by Gasteiger charge is -2.24. The molecule has 1 amide bonds. The molecule has 0 aliphatic carbocycles. The highest BCUT2D eigenvalue weighted by Gasteiger charge is 2.24. The van der Waals surface area contributed by atoms with Crippen LogP contribution in [0.1, 0.15) is 265 Å². The number of rotatable bonds is 48. The molecule has 0 radical (unpaired) electrons. The lowest BCUT2D eigenvalue weighted by atomic mass is 10.0. The zero-order chi connectivity index (χ0) is 45.9. The first-order valence-corrected chi connectivity index (χ1v) is 27.1. The molecule has 0 rings (SSSR count). The van der Waals surface area contributed by atoms with Crippen LogP contribution in [0.4, 0.5) is 0 Å². The first kappa shape index (κ1) is 60.6. The fourth-order valence-electron chi connectivity index (χ4n) is 8.03. The van der Waals surface area contributed by atoms with Crippen LogP contribution in [-0.2, 0) is 14.3 Å². The Balaban J connectivity index is 4.65. The first-order valence-electron chi connectivity index (χ1n) is 27.1. The van der Waals surface area contributed by atoms with Crippen LogP contribution in [0.5, 0.6) is 0 Å². The van der Waals surface area contributed by atoms with Crippen LogP contribution in [0.3, 0.4) is 0 Å². The maximum Gasteiger partial charge on any atom is 0.306 e. The van der Waals surface area contributed by atoms with Crippen LogP contribution < -0.4 is 5.32 Å². The van der Waals surface area contributed by atoms with Crippen LogP contribution in [0.25, 0.3) is 0 Å². The molecule has 0 aromatic heterocycles. The average Bonchev–Trinajstić information content (AvgIpc) is 3.28. The predicted octanol–water partition coefficient (Wildman–Crippen LogP) is 16.4. The van der Waals surface area contributed by atoms with Crippen molar-refractivity contribution in [3.05, 3.63) is 60.8 Å². The highest BCUT2D eigenvalue weighted by molar-refractivity contribution is 5.77. The van der Waals surface area contributed by atoms with Gasteiger partial charge in [-0.15, -0.1) is 0 Å². The van der Waals surface area contributed by atoms with Gasteiger partial charge in [-0.2, -0.15) is 0 Å². The van der Waals surface area contributed by atoms with E-state index in [0.29, 0.717) is 19.3 Å². The molecule has 3 N–H and O–H groups in total. The normalized spacial score (nSPS) is 13.7. The molecule has 3 unspecified atom stereocenters. The fraction of sp³-hybridized carbons (Fsp3) is 0.789. The third kappa shape index (κ3) is 45.9. The van der Waals surface area contributed by atoms with E-state index in [-0.39, 0.29) is 24.9 Å². The molecule has 0 bridgehead atoms. The molecule has 63 heavy (non-hydrogen) atoms. The third-order valence-electron chi connectivity index (χ3n) is 12.2. The zero-order valence-corrected chi connectivity index (χ0v) is 41.7. The smallest absolute Gasteiger partial charge is 0.306 e. The fourth-order valence-corrected chi connectivity index (χ4v) is 8.03. The van der Waals surface area contributed by atoms with Crippen molar-refractivity contribution in [2.45, 2.75) is 283 Å². The summed E-state index contributed by atoms with van der Waals surface area (Å²) in [6, 6.07) is -0.717. The number of esters is 1. The molecule has 0 aromatic rings. The Labute approximate surface area is 390 Å². The van der Waals surface area contributed by atoms with Gasteiger partial charge >= 0.3 is 5.97 Å². The van der Waals surface area contributed by atoms with Crippen LogP contribution in [-0.4, -0.2) is 46.9 Å². The van der Waals surface area contributed by atoms with Crippen molar-refractivity contribution >= 4 is 11.9 Å². The lowest BCUT2D eigenvalue weighted by molar-refractivity contribution is -0.151. The number of nitrogens with one attached hydrogen (secondary N) is 1. The number of carbonyl (C=O) groups excluding carboxylic acids is 2. The molecular weight excluding hydrogens is 779 g/mol. The van der Waals surface area contributed by atoms with Gasteiger partial charge in [0.25, 0.3) is 0 Å². The van der Waals surface area contributed by atoms with Gasteiger partial charge in [-0.1, -0.05) is 236 Å². The number of amides is 1. The molecule has 366 valence electrons. The molecule has 0 aliphatic rings. The van der Waals surface area contributed by atoms with Crippen molar-refractivity contribution in [1.82, 2.24) is 5.32 Å². The van der Waals surface area contributed by atoms with E-state index in [1.165, 1.54) is 141 Å². The highest BCUT2D eigenvalue weighted by Crippen LogP contribution is 2.17. The van der Waals surface area contributed by atoms with Crippen LogP contribution >= 0.6 is 0 Å². The summed E-state index contributed by atoms with van der Waals surface area (Å²) in [7, 11) is 0. The molecule has 0 spiro atoms. The molecule has 0 saturated heterocycles. The van der Waals surface area contributed by atoms with E-state index in [4.69, 9.17) is 4.74 Å². The van der Waals surface area contributed by atoms with E-state index in [1.807, 2.05) is 6.08 Å². The van der Waals surface area contributed by atoms with Gasteiger partial charge in [-0.05, 0) is 77.0 Å². The molecule has 0 aliphatic heterocycles. The summed E-state index contributed by atoms with van der Waals surface area (Å²) in [4.78, 5) is 26.2. The largest absolute Gasteiger partial charge is 0.462 e. The summed E-state index contributed by atoms with van der Waals surface area (Å²) < 4.78 is 5.92. The number of hydrogen-bond acceptors (Lipinski definition) is 5. The van der Waals surface area contributed by atoms with E-state index in [1.54, 1.807) is 0 Å². The van der Waals surface area contributed by atoms with E-state index in [2.05, 4.69) is 80.8 Å². The summed E-state index contributed by atoms with van der Waals surface area (Å²) in [6.07, 6.45) is 62.8. The Morgan fingerprint density at radius 2 is 0.825 bits per heavy atom. The number of unbranched alkanes of at least 4 members (excludes halogenated alkanes) is 29. The third-order valence-corrected chi connectivity index (χ3v) is 12.2. The standard InChI is InChI=1S/C57H103NO5/c1-4-7-10-13-16-19-22-24-26-28-29-31-33-35-38-41-44-47-50-57(62)63-53(48-45-42-39-36-34-32-30-27-25-23-20-17-14-11-8-5-2)51-56(61)58-54(52-59)55(60)49-46-43-40-37-21-18-15-12-9-6-3/h17,20,23,25,27,29-32,34,53-55,59-60H,4-16,18-19,21-22,24,26,28,33,35-52H2,1-3H3,(H,58,61)/b20-17+,25-23+,30-27+,31-29+,34-32+. The minimum atomic E-state index is -0.800. The van der Waals surface area contributed by atoms with Crippen molar-refractivity contribution in [3.8, 4) is 0 Å². The van der Waals surface area contributed by atoms with Crippen molar-refractivity contribution in [1.29, 1.82) is 0 Å². The van der Waals surface area contributed by atoms with Crippen molar-refractivity contribution in [2.24, 2.45) is 0 Å². The minimum absolute atomic E-state index is 0.0476. The van der Waals surface area contributed by atoms with Crippen LogP contribution in [0.2, 0.25) is 0 Å². The molecular formula is C57H103NO5. The van der Waals surface area contributed by atoms with E-state index in [0.717, 1.165) is 77.0 Å². The Bertz CT molecular complexity index is 1130. The maximum atomic E-state index is 13.2. The quantitative estimate of drug-likeness (QED) is 0.0245. The van der Waals surface area contributed by atoms with Gasteiger partial charge in [0, 0.05) is 6.42 Å². The summed E-state index contributed by atoms with van der Waals surface area (Å²) in [5.74, 6) is -0.519. The van der Waals surface area contributed by atoms with Crippen molar-refractivity contribution in [2.75, 3.05) is 6.61 Å². The van der Waals surface area contributed by atoms with E-state index >= 15 is 0 Å². The van der Waals surface area contributed by atoms with Gasteiger partial charge < -0.3 is 20.3 Å². The second-order valence-corrected chi connectivity index (χ2v) is 18.4. The highest BCUT2D eigenvalue weighted by atomic mass is 16.5. The number of ether oxygens (including phenoxy) is 1. The first-order chi connectivity index (χ1) is 31.0. The minimum Gasteiger partial charge on any atom is -0.462 e. The number of allylic oxidation sites excluding steroid dienone is 10. The Hall–Kier alpha value is -2.44. The van der Waals surface area contributed by atoms with Crippen LogP contribution in [0.15, 0.2) is 60.8 Å². The second-order valence-electron chi connectivity index (χ2n) is 18.4. The van der Waals surface area contributed by atoms with Crippen LogP contribution in [0, 0.1) is 0 Å². The van der Waals surface area contributed by atoms with Gasteiger partial charge in [0.05, 0.1) is 25.2 Å². The Morgan fingerprint density at radius 3 is 1.32 bits per heavy atom.